The van der Waals surface area contributed by atoms with Crippen LogP contribution in [0, 0.1) is 0 Å². The van der Waals surface area contributed by atoms with Crippen LogP contribution in [0.1, 0.15) is 46.4 Å². The SMILES string of the molecule is O=C(N[C@@H]1CCCC[C@H]1NC(=O)c1ccccc1Br)c1ccccc1Br. The number of carbonyl (C=O) groups excluding carboxylic acids is 2. The van der Waals surface area contributed by atoms with E-state index in [0.717, 1.165) is 34.6 Å². The van der Waals surface area contributed by atoms with Gasteiger partial charge >= 0.3 is 0 Å². The Morgan fingerprint density at radius 2 is 1.12 bits per heavy atom. The van der Waals surface area contributed by atoms with Crippen LogP contribution >= 0.6 is 31.9 Å². The van der Waals surface area contributed by atoms with Crippen molar-refractivity contribution < 1.29 is 9.59 Å². The van der Waals surface area contributed by atoms with Gasteiger partial charge in [0.1, 0.15) is 0 Å². The molecule has 6 heteroatoms. The largest absolute Gasteiger partial charge is 0.347 e. The third-order valence-electron chi connectivity index (χ3n) is 4.64. The van der Waals surface area contributed by atoms with Gasteiger partial charge in [0.2, 0.25) is 0 Å². The first-order valence-corrected chi connectivity index (χ1v) is 10.3. The van der Waals surface area contributed by atoms with E-state index in [1.165, 1.54) is 0 Å². The molecule has 3 rings (SSSR count). The highest BCUT2D eigenvalue weighted by Gasteiger charge is 2.29. The summed E-state index contributed by atoms with van der Waals surface area (Å²) in [6, 6.07) is 14.6. The zero-order valence-electron chi connectivity index (χ0n) is 14.2. The van der Waals surface area contributed by atoms with E-state index in [1.807, 2.05) is 36.4 Å². The van der Waals surface area contributed by atoms with Gasteiger partial charge in [-0.05, 0) is 69.0 Å². The lowest BCUT2D eigenvalue weighted by molar-refractivity contribution is 0.0862. The first kappa shape index (κ1) is 19.1. The van der Waals surface area contributed by atoms with Gasteiger partial charge in [0, 0.05) is 21.0 Å². The van der Waals surface area contributed by atoms with E-state index in [9.17, 15) is 9.59 Å². The maximum atomic E-state index is 12.6. The Balaban J connectivity index is 1.70. The molecule has 2 aromatic carbocycles. The average molecular weight is 480 g/mol. The number of halogens is 2. The molecule has 2 N–H and O–H groups in total. The molecule has 0 radical (unpaired) electrons. The van der Waals surface area contributed by atoms with E-state index in [0.29, 0.717) is 11.1 Å². The van der Waals surface area contributed by atoms with Crippen molar-refractivity contribution in [2.24, 2.45) is 0 Å². The van der Waals surface area contributed by atoms with E-state index in [1.54, 1.807) is 12.1 Å². The Labute approximate surface area is 170 Å². The van der Waals surface area contributed by atoms with Gasteiger partial charge in [-0.2, -0.15) is 0 Å². The summed E-state index contributed by atoms with van der Waals surface area (Å²) < 4.78 is 1.53. The highest BCUT2D eigenvalue weighted by Crippen LogP contribution is 2.22. The van der Waals surface area contributed by atoms with E-state index in [4.69, 9.17) is 0 Å². The quantitative estimate of drug-likeness (QED) is 0.668. The van der Waals surface area contributed by atoms with E-state index < -0.39 is 0 Å². The van der Waals surface area contributed by atoms with Crippen molar-refractivity contribution >= 4 is 43.7 Å². The molecule has 1 aliphatic rings. The summed E-state index contributed by atoms with van der Waals surface area (Å²) >= 11 is 6.84. The molecule has 0 saturated heterocycles. The number of nitrogens with one attached hydrogen (secondary N) is 2. The number of benzene rings is 2. The fourth-order valence-corrected chi connectivity index (χ4v) is 4.19. The summed E-state index contributed by atoms with van der Waals surface area (Å²) in [6.45, 7) is 0. The van der Waals surface area contributed by atoms with Crippen LogP contribution in [0.5, 0.6) is 0 Å². The molecule has 2 atom stereocenters. The number of carbonyl (C=O) groups is 2. The second-order valence-corrected chi connectivity index (χ2v) is 8.11. The Hall–Kier alpha value is -1.66. The number of rotatable bonds is 4. The van der Waals surface area contributed by atoms with Crippen LogP contribution in [0.2, 0.25) is 0 Å². The van der Waals surface area contributed by atoms with Crippen LogP contribution in [0.25, 0.3) is 0 Å². The zero-order chi connectivity index (χ0) is 18.5. The lowest BCUT2D eigenvalue weighted by atomic mass is 9.89. The van der Waals surface area contributed by atoms with Crippen molar-refractivity contribution in [3.8, 4) is 0 Å². The summed E-state index contributed by atoms with van der Waals surface area (Å²) in [6.07, 6.45) is 3.80. The zero-order valence-corrected chi connectivity index (χ0v) is 17.3. The lowest BCUT2D eigenvalue weighted by Gasteiger charge is -2.33. The Morgan fingerprint density at radius 1 is 0.731 bits per heavy atom. The van der Waals surface area contributed by atoms with Crippen LogP contribution < -0.4 is 10.6 Å². The van der Waals surface area contributed by atoms with Crippen molar-refractivity contribution in [3.05, 3.63) is 68.6 Å². The van der Waals surface area contributed by atoms with Gasteiger partial charge in [0.25, 0.3) is 11.8 Å². The maximum Gasteiger partial charge on any atom is 0.252 e. The maximum absolute atomic E-state index is 12.6. The fourth-order valence-electron chi connectivity index (χ4n) is 3.26. The van der Waals surface area contributed by atoms with Crippen molar-refractivity contribution in [1.82, 2.24) is 10.6 Å². The molecule has 0 heterocycles. The lowest BCUT2D eigenvalue weighted by Crippen LogP contribution is -2.53. The molecule has 136 valence electrons. The summed E-state index contributed by atoms with van der Waals surface area (Å²) in [5.74, 6) is -0.242. The van der Waals surface area contributed by atoms with Gasteiger partial charge in [-0.25, -0.2) is 0 Å². The van der Waals surface area contributed by atoms with Crippen LogP contribution in [-0.4, -0.2) is 23.9 Å². The van der Waals surface area contributed by atoms with Crippen molar-refractivity contribution in [2.45, 2.75) is 37.8 Å². The summed E-state index contributed by atoms with van der Waals surface area (Å²) in [7, 11) is 0. The minimum absolute atomic E-state index is 0.0743. The third-order valence-corrected chi connectivity index (χ3v) is 6.02. The summed E-state index contributed by atoms with van der Waals surface area (Å²) in [5, 5.41) is 6.20. The first-order valence-electron chi connectivity index (χ1n) is 8.67. The molecule has 0 bridgehead atoms. The standard InChI is InChI=1S/C20H20Br2N2O2/c21-15-9-3-1-7-13(15)19(25)23-17-11-5-6-12-18(17)24-20(26)14-8-2-4-10-16(14)22/h1-4,7-10,17-18H,5-6,11-12H2,(H,23,25)(H,24,26)/t17-,18-/m1/s1. The Morgan fingerprint density at radius 3 is 1.50 bits per heavy atom. The van der Waals surface area contributed by atoms with Gasteiger partial charge in [0.05, 0.1) is 11.1 Å². The van der Waals surface area contributed by atoms with E-state index in [-0.39, 0.29) is 23.9 Å². The molecule has 1 fully saturated rings. The second kappa shape index (κ2) is 8.82. The highest BCUT2D eigenvalue weighted by atomic mass is 79.9. The summed E-state index contributed by atoms with van der Waals surface area (Å²) in [5.41, 5.74) is 1.21. The van der Waals surface area contributed by atoms with Gasteiger partial charge < -0.3 is 10.6 Å². The van der Waals surface area contributed by atoms with Crippen molar-refractivity contribution in [3.63, 3.8) is 0 Å². The van der Waals surface area contributed by atoms with Crippen molar-refractivity contribution in [1.29, 1.82) is 0 Å². The monoisotopic (exact) mass is 478 g/mol. The van der Waals surface area contributed by atoms with Gasteiger partial charge in [-0.1, -0.05) is 37.1 Å². The molecule has 0 spiro atoms. The number of hydrogen-bond donors (Lipinski definition) is 2. The predicted molar refractivity (Wildman–Crippen MR) is 109 cm³/mol. The second-order valence-electron chi connectivity index (χ2n) is 6.40. The molecule has 26 heavy (non-hydrogen) atoms. The van der Waals surface area contributed by atoms with Crippen LogP contribution in [-0.2, 0) is 0 Å². The Kier molecular flexibility index (Phi) is 6.48. The molecule has 1 aliphatic carbocycles. The number of hydrogen-bond acceptors (Lipinski definition) is 2. The smallest absolute Gasteiger partial charge is 0.252 e. The van der Waals surface area contributed by atoms with Crippen LogP contribution in [0.4, 0.5) is 0 Å². The molecule has 0 unspecified atom stereocenters. The van der Waals surface area contributed by atoms with E-state index in [2.05, 4.69) is 42.5 Å². The predicted octanol–water partition coefficient (Wildman–Crippen LogP) is 4.68. The minimum atomic E-state index is -0.121. The van der Waals surface area contributed by atoms with Crippen molar-refractivity contribution in [2.75, 3.05) is 0 Å². The molecule has 0 aliphatic heterocycles. The molecule has 4 nitrogen and oxygen atoms in total. The molecule has 2 amide bonds. The van der Waals surface area contributed by atoms with Gasteiger partial charge in [-0.15, -0.1) is 0 Å². The molecule has 2 aromatic rings. The van der Waals surface area contributed by atoms with Gasteiger partial charge in [0.15, 0.2) is 0 Å². The van der Waals surface area contributed by atoms with E-state index >= 15 is 0 Å². The normalized spacial score (nSPS) is 19.6. The first-order chi connectivity index (χ1) is 12.6. The van der Waals surface area contributed by atoms with Gasteiger partial charge in [-0.3, -0.25) is 9.59 Å². The highest BCUT2D eigenvalue weighted by molar-refractivity contribution is 9.10. The van der Waals surface area contributed by atoms with Crippen LogP contribution in [0.3, 0.4) is 0 Å². The average Bonchev–Trinajstić information content (AvgIpc) is 2.64. The minimum Gasteiger partial charge on any atom is -0.347 e. The molecular formula is C20H20Br2N2O2. The van der Waals surface area contributed by atoms with Crippen LogP contribution in [0.15, 0.2) is 57.5 Å². The molecular weight excluding hydrogens is 460 g/mol. The fraction of sp³-hybridized carbons (Fsp3) is 0.300. The molecule has 0 aromatic heterocycles. The third kappa shape index (κ3) is 4.54. The molecule has 1 saturated carbocycles. The Bertz CT molecular complexity index is 742. The number of amides is 2. The summed E-state index contributed by atoms with van der Waals surface area (Å²) in [4.78, 5) is 25.3. The topological polar surface area (TPSA) is 58.2 Å².